The Kier molecular flexibility index (Phi) is 4.25. The van der Waals surface area contributed by atoms with E-state index in [2.05, 4.69) is 15.3 Å². The van der Waals surface area contributed by atoms with Crippen molar-refractivity contribution >= 4 is 5.95 Å². The van der Waals surface area contributed by atoms with Crippen molar-refractivity contribution < 1.29 is 5.11 Å². The van der Waals surface area contributed by atoms with Crippen LogP contribution in [0.2, 0.25) is 0 Å². The van der Waals surface area contributed by atoms with Gasteiger partial charge in [-0.1, -0.05) is 30.3 Å². The molecule has 2 rings (SSSR count). The molecule has 4 heteroatoms. The van der Waals surface area contributed by atoms with Gasteiger partial charge < -0.3 is 10.4 Å². The molecule has 1 unspecified atom stereocenters. The first-order chi connectivity index (χ1) is 8.78. The Morgan fingerprint density at radius 1 is 1.22 bits per heavy atom. The minimum Gasteiger partial charge on any atom is -0.394 e. The van der Waals surface area contributed by atoms with Gasteiger partial charge in [0.15, 0.2) is 0 Å². The number of aryl methyl sites for hydroxylation is 1. The quantitative estimate of drug-likeness (QED) is 0.840. The van der Waals surface area contributed by atoms with Crippen molar-refractivity contribution in [3.63, 3.8) is 0 Å². The first kappa shape index (κ1) is 12.5. The second-order valence-electron chi connectivity index (χ2n) is 4.24. The van der Waals surface area contributed by atoms with E-state index < -0.39 is 0 Å². The summed E-state index contributed by atoms with van der Waals surface area (Å²) in [5.74, 6) is 0.560. The highest BCUT2D eigenvalue weighted by Crippen LogP contribution is 2.07. The molecular weight excluding hydrogens is 226 g/mol. The Bertz CT molecular complexity index is 487. The van der Waals surface area contributed by atoms with Gasteiger partial charge in [-0.15, -0.1) is 0 Å². The van der Waals surface area contributed by atoms with Crippen LogP contribution in [0.25, 0.3) is 0 Å². The normalized spacial score (nSPS) is 12.1. The maximum absolute atomic E-state index is 9.40. The monoisotopic (exact) mass is 243 g/mol. The van der Waals surface area contributed by atoms with Gasteiger partial charge >= 0.3 is 0 Å². The Balaban J connectivity index is 2.01. The van der Waals surface area contributed by atoms with Gasteiger partial charge in [0.2, 0.25) is 5.95 Å². The molecule has 0 aliphatic rings. The summed E-state index contributed by atoms with van der Waals surface area (Å²) in [6.07, 6.45) is 2.45. The molecule has 0 bridgehead atoms. The van der Waals surface area contributed by atoms with Crippen LogP contribution in [-0.4, -0.2) is 27.7 Å². The third kappa shape index (κ3) is 3.53. The minimum absolute atomic E-state index is 0.0478. The first-order valence-electron chi connectivity index (χ1n) is 5.99. The standard InChI is InChI=1S/C14H17N3O/c1-11-7-8-15-14(16-11)17-13(10-18)9-12-5-3-2-4-6-12/h2-8,13,18H,9-10H2,1H3,(H,15,16,17). The van der Waals surface area contributed by atoms with Crippen LogP contribution in [0.5, 0.6) is 0 Å². The summed E-state index contributed by atoms with van der Waals surface area (Å²) >= 11 is 0. The SMILES string of the molecule is Cc1ccnc(NC(CO)Cc2ccccc2)n1. The third-order valence-electron chi connectivity index (χ3n) is 2.67. The Morgan fingerprint density at radius 3 is 2.67 bits per heavy atom. The highest BCUT2D eigenvalue weighted by molar-refractivity contribution is 5.28. The summed E-state index contributed by atoms with van der Waals surface area (Å²) in [6, 6.07) is 11.8. The van der Waals surface area contributed by atoms with Gasteiger partial charge in [0.1, 0.15) is 0 Å². The summed E-state index contributed by atoms with van der Waals surface area (Å²) in [6.45, 7) is 1.96. The molecule has 4 nitrogen and oxygen atoms in total. The largest absolute Gasteiger partial charge is 0.394 e. The zero-order valence-electron chi connectivity index (χ0n) is 10.4. The number of rotatable bonds is 5. The second kappa shape index (κ2) is 6.12. The lowest BCUT2D eigenvalue weighted by Crippen LogP contribution is -2.27. The van der Waals surface area contributed by atoms with Crippen LogP contribution >= 0.6 is 0 Å². The topological polar surface area (TPSA) is 58.0 Å². The van der Waals surface area contributed by atoms with Gasteiger partial charge in [0.25, 0.3) is 0 Å². The fourth-order valence-corrected chi connectivity index (χ4v) is 1.76. The molecule has 18 heavy (non-hydrogen) atoms. The summed E-state index contributed by atoms with van der Waals surface area (Å²) < 4.78 is 0. The van der Waals surface area contributed by atoms with Gasteiger partial charge in [0.05, 0.1) is 12.6 Å². The molecular formula is C14H17N3O. The van der Waals surface area contributed by atoms with Crippen LogP contribution in [0.4, 0.5) is 5.95 Å². The Labute approximate surface area is 107 Å². The molecule has 1 atom stereocenters. The van der Waals surface area contributed by atoms with E-state index in [0.717, 1.165) is 12.1 Å². The zero-order valence-corrected chi connectivity index (χ0v) is 10.4. The number of anilines is 1. The Hall–Kier alpha value is -1.94. The fourth-order valence-electron chi connectivity index (χ4n) is 1.76. The molecule has 94 valence electrons. The average Bonchev–Trinajstić information content (AvgIpc) is 2.39. The molecule has 0 aliphatic heterocycles. The average molecular weight is 243 g/mol. The lowest BCUT2D eigenvalue weighted by Gasteiger charge is -2.16. The van der Waals surface area contributed by atoms with Crippen LogP contribution in [0.3, 0.4) is 0 Å². The van der Waals surface area contributed by atoms with E-state index in [-0.39, 0.29) is 12.6 Å². The van der Waals surface area contributed by atoms with Crippen molar-refractivity contribution in [3.05, 3.63) is 53.9 Å². The van der Waals surface area contributed by atoms with Crippen LogP contribution in [0, 0.1) is 6.92 Å². The fraction of sp³-hybridized carbons (Fsp3) is 0.286. The van der Waals surface area contributed by atoms with Crippen LogP contribution < -0.4 is 5.32 Å². The second-order valence-corrected chi connectivity index (χ2v) is 4.24. The lowest BCUT2D eigenvalue weighted by atomic mass is 10.1. The maximum atomic E-state index is 9.40. The molecule has 1 heterocycles. The van der Waals surface area contributed by atoms with Crippen LogP contribution in [-0.2, 0) is 6.42 Å². The number of nitrogens with one attached hydrogen (secondary N) is 1. The summed E-state index contributed by atoms with van der Waals surface area (Å²) in [5, 5.41) is 12.5. The van der Waals surface area contributed by atoms with Crippen molar-refractivity contribution in [3.8, 4) is 0 Å². The van der Waals surface area contributed by atoms with Gasteiger partial charge in [-0.05, 0) is 25.0 Å². The van der Waals surface area contributed by atoms with E-state index in [9.17, 15) is 5.11 Å². The molecule has 0 saturated heterocycles. The van der Waals surface area contributed by atoms with E-state index in [4.69, 9.17) is 0 Å². The molecule has 0 amide bonds. The lowest BCUT2D eigenvalue weighted by molar-refractivity contribution is 0.273. The maximum Gasteiger partial charge on any atom is 0.223 e. The summed E-state index contributed by atoms with van der Waals surface area (Å²) in [5.41, 5.74) is 2.08. The molecule has 2 N–H and O–H groups in total. The number of aliphatic hydroxyl groups is 1. The van der Waals surface area contributed by atoms with Crippen molar-refractivity contribution in [1.82, 2.24) is 9.97 Å². The number of hydrogen-bond donors (Lipinski definition) is 2. The molecule has 0 aliphatic carbocycles. The summed E-state index contributed by atoms with van der Waals surface area (Å²) in [4.78, 5) is 8.40. The van der Waals surface area contributed by atoms with Gasteiger partial charge in [-0.3, -0.25) is 0 Å². The third-order valence-corrected chi connectivity index (χ3v) is 2.67. The molecule has 0 fully saturated rings. The number of aromatic nitrogens is 2. The molecule has 1 aromatic carbocycles. The van der Waals surface area contributed by atoms with Gasteiger partial charge in [0, 0.05) is 11.9 Å². The predicted octanol–water partition coefficient (Wildman–Crippen LogP) is 1.80. The van der Waals surface area contributed by atoms with Gasteiger partial charge in [-0.25, -0.2) is 9.97 Å². The van der Waals surface area contributed by atoms with E-state index in [0.29, 0.717) is 5.95 Å². The van der Waals surface area contributed by atoms with Crippen molar-refractivity contribution in [2.24, 2.45) is 0 Å². The molecule has 0 spiro atoms. The highest BCUT2D eigenvalue weighted by Gasteiger charge is 2.09. The molecule has 2 aromatic rings. The smallest absolute Gasteiger partial charge is 0.223 e. The predicted molar refractivity (Wildman–Crippen MR) is 71.4 cm³/mol. The Morgan fingerprint density at radius 2 is 2.00 bits per heavy atom. The van der Waals surface area contributed by atoms with E-state index in [1.54, 1.807) is 6.20 Å². The van der Waals surface area contributed by atoms with Crippen molar-refractivity contribution in [1.29, 1.82) is 0 Å². The van der Waals surface area contributed by atoms with Gasteiger partial charge in [-0.2, -0.15) is 0 Å². The first-order valence-corrected chi connectivity index (χ1v) is 5.99. The van der Waals surface area contributed by atoms with E-state index in [1.807, 2.05) is 43.3 Å². The van der Waals surface area contributed by atoms with Crippen LogP contribution in [0.1, 0.15) is 11.3 Å². The molecule has 1 aromatic heterocycles. The highest BCUT2D eigenvalue weighted by atomic mass is 16.3. The number of benzene rings is 1. The van der Waals surface area contributed by atoms with Crippen molar-refractivity contribution in [2.75, 3.05) is 11.9 Å². The van der Waals surface area contributed by atoms with Crippen LogP contribution in [0.15, 0.2) is 42.6 Å². The minimum atomic E-state index is -0.0748. The molecule has 0 saturated carbocycles. The van der Waals surface area contributed by atoms with E-state index >= 15 is 0 Å². The van der Waals surface area contributed by atoms with Crippen molar-refractivity contribution in [2.45, 2.75) is 19.4 Å². The number of hydrogen-bond acceptors (Lipinski definition) is 4. The van der Waals surface area contributed by atoms with E-state index in [1.165, 1.54) is 5.56 Å². The summed E-state index contributed by atoms with van der Waals surface area (Å²) in [7, 11) is 0. The molecule has 0 radical (unpaired) electrons. The number of nitrogens with zero attached hydrogens (tertiary/aromatic N) is 2. The zero-order chi connectivity index (χ0) is 12.8. The number of aliphatic hydroxyl groups excluding tert-OH is 1.